The number of likely N-dealkylation sites (N-methyl/N-ethyl adjacent to an activating group) is 1. The third-order valence-corrected chi connectivity index (χ3v) is 5.73. The average Bonchev–Trinajstić information content (AvgIpc) is 3.36. The van der Waals surface area contributed by atoms with Crippen molar-refractivity contribution in [2.45, 2.75) is 64.1 Å². The van der Waals surface area contributed by atoms with E-state index >= 15 is 0 Å². The molecule has 0 aliphatic heterocycles. The number of ether oxygens (including phenoxy) is 1. The first-order valence-corrected chi connectivity index (χ1v) is 10.1. The number of rotatable bonds is 8. The van der Waals surface area contributed by atoms with E-state index in [9.17, 15) is 0 Å². The standard InChI is InChI=1S/C21H31N5O/c1-14-4-5-15(2)19(10-14)27-9-8-25(3)13-20-23-24-21(16-11-17(22)12-16)26(20)18-6-7-18/h4-5,10,16-18H,6-9,11-13,22H2,1-3H3. The van der Waals surface area contributed by atoms with Crippen LogP contribution in [-0.2, 0) is 6.54 Å². The third-order valence-electron chi connectivity index (χ3n) is 5.73. The van der Waals surface area contributed by atoms with Crippen molar-refractivity contribution in [1.82, 2.24) is 19.7 Å². The molecule has 0 amide bonds. The van der Waals surface area contributed by atoms with Crippen molar-refractivity contribution in [3.8, 4) is 5.75 Å². The van der Waals surface area contributed by atoms with Crippen molar-refractivity contribution >= 4 is 0 Å². The molecule has 6 nitrogen and oxygen atoms in total. The lowest BCUT2D eigenvalue weighted by molar-refractivity contribution is 0.226. The van der Waals surface area contributed by atoms with Crippen LogP contribution < -0.4 is 10.5 Å². The first kappa shape index (κ1) is 18.4. The van der Waals surface area contributed by atoms with Gasteiger partial charge in [0.15, 0.2) is 0 Å². The molecule has 0 radical (unpaired) electrons. The summed E-state index contributed by atoms with van der Waals surface area (Å²) in [5, 5.41) is 9.06. The Morgan fingerprint density at radius 1 is 1.22 bits per heavy atom. The molecule has 2 N–H and O–H groups in total. The number of hydrogen-bond acceptors (Lipinski definition) is 5. The van der Waals surface area contributed by atoms with E-state index in [-0.39, 0.29) is 0 Å². The van der Waals surface area contributed by atoms with Crippen LogP contribution in [-0.4, -0.2) is 45.9 Å². The fraction of sp³-hybridized carbons (Fsp3) is 0.619. The number of benzene rings is 1. The Balaban J connectivity index is 1.34. The van der Waals surface area contributed by atoms with Crippen molar-refractivity contribution in [3.05, 3.63) is 41.0 Å². The van der Waals surface area contributed by atoms with Crippen molar-refractivity contribution in [3.63, 3.8) is 0 Å². The zero-order valence-corrected chi connectivity index (χ0v) is 16.7. The quantitative estimate of drug-likeness (QED) is 0.775. The summed E-state index contributed by atoms with van der Waals surface area (Å²) in [5.41, 5.74) is 8.39. The number of aryl methyl sites for hydroxylation is 2. The summed E-state index contributed by atoms with van der Waals surface area (Å²) in [4.78, 5) is 2.27. The molecule has 1 aromatic carbocycles. The van der Waals surface area contributed by atoms with Crippen LogP contribution in [0, 0.1) is 13.8 Å². The molecule has 2 fully saturated rings. The lowest BCUT2D eigenvalue weighted by Gasteiger charge is -2.32. The molecule has 27 heavy (non-hydrogen) atoms. The molecule has 4 rings (SSSR count). The van der Waals surface area contributed by atoms with Gasteiger partial charge in [-0.05, 0) is 63.8 Å². The van der Waals surface area contributed by atoms with Gasteiger partial charge in [-0.2, -0.15) is 0 Å². The molecule has 2 aromatic rings. The van der Waals surface area contributed by atoms with Gasteiger partial charge in [-0.25, -0.2) is 0 Å². The third kappa shape index (κ3) is 4.17. The summed E-state index contributed by atoms with van der Waals surface area (Å²) in [6.45, 7) is 6.51. The molecular formula is C21H31N5O. The van der Waals surface area contributed by atoms with Crippen LogP contribution in [0.1, 0.15) is 60.4 Å². The van der Waals surface area contributed by atoms with Crippen molar-refractivity contribution in [2.24, 2.45) is 5.73 Å². The van der Waals surface area contributed by atoms with E-state index in [4.69, 9.17) is 10.5 Å². The molecule has 2 aliphatic rings. The highest BCUT2D eigenvalue weighted by molar-refractivity contribution is 5.35. The second-order valence-electron chi connectivity index (χ2n) is 8.36. The predicted octanol–water partition coefficient (Wildman–Crippen LogP) is 2.95. The van der Waals surface area contributed by atoms with Crippen LogP contribution in [0.5, 0.6) is 5.75 Å². The Kier molecular flexibility index (Phi) is 5.19. The second kappa shape index (κ2) is 7.60. The molecular weight excluding hydrogens is 338 g/mol. The van der Waals surface area contributed by atoms with E-state index in [1.54, 1.807) is 0 Å². The Bertz CT molecular complexity index is 792. The molecule has 0 bridgehead atoms. The van der Waals surface area contributed by atoms with E-state index < -0.39 is 0 Å². The SMILES string of the molecule is Cc1ccc(C)c(OCCN(C)Cc2nnc(C3CC(N)C3)n2C2CC2)c1. The monoisotopic (exact) mass is 369 g/mol. The van der Waals surface area contributed by atoms with Crippen molar-refractivity contribution < 1.29 is 4.74 Å². The largest absolute Gasteiger partial charge is 0.492 e. The van der Waals surface area contributed by atoms with Crippen LogP contribution in [0.2, 0.25) is 0 Å². The minimum absolute atomic E-state index is 0.340. The summed E-state index contributed by atoms with van der Waals surface area (Å²) in [5.74, 6) is 3.73. The van der Waals surface area contributed by atoms with E-state index in [0.717, 1.165) is 43.3 Å². The second-order valence-corrected chi connectivity index (χ2v) is 8.36. The van der Waals surface area contributed by atoms with Gasteiger partial charge in [0.1, 0.15) is 24.0 Å². The number of hydrogen-bond donors (Lipinski definition) is 1. The molecule has 1 heterocycles. The number of aromatic nitrogens is 3. The van der Waals surface area contributed by atoms with Gasteiger partial charge in [0, 0.05) is 24.5 Å². The summed E-state index contributed by atoms with van der Waals surface area (Å²) in [6.07, 6.45) is 4.58. The number of nitrogens with zero attached hydrogens (tertiary/aromatic N) is 4. The fourth-order valence-corrected chi connectivity index (χ4v) is 3.82. The van der Waals surface area contributed by atoms with Crippen LogP contribution >= 0.6 is 0 Å². The van der Waals surface area contributed by atoms with Gasteiger partial charge in [0.2, 0.25) is 0 Å². The summed E-state index contributed by atoms with van der Waals surface area (Å²) >= 11 is 0. The Morgan fingerprint density at radius 3 is 2.70 bits per heavy atom. The van der Waals surface area contributed by atoms with Gasteiger partial charge in [-0.1, -0.05) is 12.1 Å². The lowest BCUT2D eigenvalue weighted by atomic mass is 9.80. The first-order chi connectivity index (χ1) is 13.0. The molecule has 0 spiro atoms. The molecule has 6 heteroatoms. The smallest absolute Gasteiger partial charge is 0.147 e. The minimum atomic E-state index is 0.340. The van der Waals surface area contributed by atoms with Crippen LogP contribution in [0.25, 0.3) is 0 Å². The van der Waals surface area contributed by atoms with Gasteiger partial charge in [0.25, 0.3) is 0 Å². The average molecular weight is 370 g/mol. The summed E-state index contributed by atoms with van der Waals surface area (Å²) in [6, 6.07) is 7.27. The Morgan fingerprint density at radius 2 is 2.00 bits per heavy atom. The van der Waals surface area contributed by atoms with Gasteiger partial charge in [-0.3, -0.25) is 4.90 Å². The van der Waals surface area contributed by atoms with E-state index in [0.29, 0.717) is 24.6 Å². The summed E-state index contributed by atoms with van der Waals surface area (Å²) < 4.78 is 8.40. The predicted molar refractivity (Wildman–Crippen MR) is 106 cm³/mol. The van der Waals surface area contributed by atoms with E-state index in [1.165, 1.54) is 24.0 Å². The zero-order chi connectivity index (χ0) is 19.0. The lowest BCUT2D eigenvalue weighted by Crippen LogP contribution is -2.36. The highest BCUT2D eigenvalue weighted by Crippen LogP contribution is 2.42. The molecule has 1 aromatic heterocycles. The number of nitrogens with two attached hydrogens (primary N) is 1. The molecule has 0 unspecified atom stereocenters. The molecule has 0 saturated heterocycles. The van der Waals surface area contributed by atoms with Crippen molar-refractivity contribution in [2.75, 3.05) is 20.2 Å². The maximum absolute atomic E-state index is 6.00. The molecule has 2 aliphatic carbocycles. The van der Waals surface area contributed by atoms with Gasteiger partial charge >= 0.3 is 0 Å². The molecule has 146 valence electrons. The van der Waals surface area contributed by atoms with Gasteiger partial charge < -0.3 is 15.0 Å². The highest BCUT2D eigenvalue weighted by atomic mass is 16.5. The maximum Gasteiger partial charge on any atom is 0.147 e. The van der Waals surface area contributed by atoms with Crippen molar-refractivity contribution in [1.29, 1.82) is 0 Å². The minimum Gasteiger partial charge on any atom is -0.492 e. The van der Waals surface area contributed by atoms with E-state index in [1.807, 2.05) is 0 Å². The molecule has 0 atom stereocenters. The van der Waals surface area contributed by atoms with Gasteiger partial charge in [-0.15, -0.1) is 10.2 Å². The van der Waals surface area contributed by atoms with Crippen LogP contribution in [0.4, 0.5) is 0 Å². The fourth-order valence-electron chi connectivity index (χ4n) is 3.82. The molecule has 2 saturated carbocycles. The Labute approximate surface area is 161 Å². The highest BCUT2D eigenvalue weighted by Gasteiger charge is 2.36. The van der Waals surface area contributed by atoms with Crippen LogP contribution in [0.3, 0.4) is 0 Å². The Hall–Kier alpha value is -1.92. The normalized spacial score (nSPS) is 22.1. The maximum atomic E-state index is 6.00. The zero-order valence-electron chi connectivity index (χ0n) is 16.7. The van der Waals surface area contributed by atoms with Crippen LogP contribution in [0.15, 0.2) is 18.2 Å². The van der Waals surface area contributed by atoms with E-state index in [2.05, 4.69) is 58.8 Å². The topological polar surface area (TPSA) is 69.2 Å². The first-order valence-electron chi connectivity index (χ1n) is 10.1. The van der Waals surface area contributed by atoms with Gasteiger partial charge in [0.05, 0.1) is 6.54 Å². The summed E-state index contributed by atoms with van der Waals surface area (Å²) in [7, 11) is 2.12.